The summed E-state index contributed by atoms with van der Waals surface area (Å²) >= 11 is 0. The van der Waals surface area contributed by atoms with E-state index < -0.39 is 11.6 Å². The molecule has 0 radical (unpaired) electrons. The highest BCUT2D eigenvalue weighted by atomic mass is 19.2. The van der Waals surface area contributed by atoms with Crippen molar-refractivity contribution < 1.29 is 13.2 Å². The smallest absolute Gasteiger partial charge is 0.166 e. The summed E-state index contributed by atoms with van der Waals surface area (Å²) in [5.41, 5.74) is 4.50. The summed E-state index contributed by atoms with van der Waals surface area (Å²) in [6.07, 6.45) is 11.1. The van der Waals surface area contributed by atoms with Gasteiger partial charge in [0.25, 0.3) is 0 Å². The Morgan fingerprint density at radius 2 is 1.29 bits per heavy atom. The lowest BCUT2D eigenvalue weighted by molar-refractivity contribution is 0.202. The van der Waals surface area contributed by atoms with Gasteiger partial charge in [-0.2, -0.15) is 0 Å². The van der Waals surface area contributed by atoms with Crippen LogP contribution in [0.15, 0.2) is 60.7 Å². The van der Waals surface area contributed by atoms with Gasteiger partial charge < -0.3 is 0 Å². The van der Waals surface area contributed by atoms with E-state index in [1.165, 1.54) is 44.6 Å². The quantitative estimate of drug-likeness (QED) is 0.353. The molecule has 0 N–H and O–H groups in total. The van der Waals surface area contributed by atoms with Crippen LogP contribution in [0.4, 0.5) is 13.2 Å². The van der Waals surface area contributed by atoms with Gasteiger partial charge in [-0.3, -0.25) is 0 Å². The largest absolute Gasteiger partial charge is 0.206 e. The normalized spacial score (nSPS) is 22.7. The molecule has 1 atom stereocenters. The van der Waals surface area contributed by atoms with E-state index in [1.54, 1.807) is 42.5 Å². The van der Waals surface area contributed by atoms with Crippen LogP contribution in [0.3, 0.4) is 0 Å². The predicted octanol–water partition coefficient (Wildman–Crippen LogP) is 9.76. The first kappa shape index (κ1) is 23.9. The second kappa shape index (κ2) is 10.0. The molecule has 182 valence electrons. The summed E-state index contributed by atoms with van der Waals surface area (Å²) in [7, 11) is 0. The van der Waals surface area contributed by atoms with E-state index in [-0.39, 0.29) is 16.9 Å². The van der Waals surface area contributed by atoms with Crippen molar-refractivity contribution in [2.75, 3.05) is 0 Å². The molecule has 3 aromatic rings. The van der Waals surface area contributed by atoms with Crippen molar-refractivity contribution in [1.29, 1.82) is 0 Å². The van der Waals surface area contributed by atoms with Crippen molar-refractivity contribution in [1.82, 2.24) is 0 Å². The van der Waals surface area contributed by atoms with Crippen LogP contribution < -0.4 is 0 Å². The lowest BCUT2D eigenvalue weighted by Gasteiger charge is -2.34. The van der Waals surface area contributed by atoms with E-state index in [0.29, 0.717) is 11.1 Å². The predicted molar refractivity (Wildman–Crippen MR) is 138 cm³/mol. The minimum absolute atomic E-state index is 0.209. The van der Waals surface area contributed by atoms with Gasteiger partial charge in [-0.05, 0) is 90.7 Å². The van der Waals surface area contributed by atoms with Gasteiger partial charge in [0.05, 0.1) is 0 Å². The lowest BCUT2D eigenvalue weighted by Crippen LogP contribution is -2.22. The highest BCUT2D eigenvalue weighted by Gasteiger charge is 2.27. The molecule has 0 bridgehead atoms. The molecule has 1 unspecified atom stereocenters. The van der Waals surface area contributed by atoms with Gasteiger partial charge in [0.15, 0.2) is 11.6 Å². The molecule has 0 aliphatic heterocycles. The molecule has 5 rings (SSSR count). The van der Waals surface area contributed by atoms with E-state index in [0.717, 1.165) is 41.7 Å². The summed E-state index contributed by atoms with van der Waals surface area (Å²) in [4.78, 5) is 0. The van der Waals surface area contributed by atoms with Crippen molar-refractivity contribution in [2.45, 2.75) is 58.8 Å². The SMILES string of the molecule is Cc1ccc(-c2ccc(-c3ccc(C4=CCC(C5CCC(C)CC5)CC4)cc3F)cc2)c(F)c1F. The number of hydrogen-bond donors (Lipinski definition) is 0. The monoisotopic (exact) mass is 474 g/mol. The van der Waals surface area contributed by atoms with Gasteiger partial charge in [-0.15, -0.1) is 0 Å². The molecule has 2 aliphatic carbocycles. The molecule has 0 heterocycles. The fourth-order valence-electron chi connectivity index (χ4n) is 5.95. The van der Waals surface area contributed by atoms with Gasteiger partial charge in [0, 0.05) is 11.1 Å². The second-order valence-electron chi connectivity index (χ2n) is 10.6. The third kappa shape index (κ3) is 4.96. The minimum atomic E-state index is -0.852. The van der Waals surface area contributed by atoms with Crippen molar-refractivity contribution >= 4 is 5.57 Å². The van der Waals surface area contributed by atoms with Gasteiger partial charge in [0.2, 0.25) is 0 Å². The van der Waals surface area contributed by atoms with Crippen molar-refractivity contribution in [3.05, 3.63) is 89.3 Å². The first-order chi connectivity index (χ1) is 16.9. The summed E-state index contributed by atoms with van der Waals surface area (Å²) in [6.45, 7) is 3.91. The number of benzene rings is 3. The van der Waals surface area contributed by atoms with Crippen molar-refractivity contribution in [3.63, 3.8) is 0 Å². The molecular weight excluding hydrogens is 441 g/mol. The molecule has 0 aromatic heterocycles. The Hall–Kier alpha value is -2.81. The van der Waals surface area contributed by atoms with Crippen molar-refractivity contribution in [3.8, 4) is 22.3 Å². The van der Waals surface area contributed by atoms with Gasteiger partial charge in [-0.25, -0.2) is 13.2 Å². The highest BCUT2D eigenvalue weighted by Crippen LogP contribution is 2.41. The molecule has 35 heavy (non-hydrogen) atoms. The maximum Gasteiger partial charge on any atom is 0.166 e. The molecule has 0 nitrogen and oxygen atoms in total. The van der Waals surface area contributed by atoms with E-state index in [2.05, 4.69) is 13.0 Å². The minimum Gasteiger partial charge on any atom is -0.206 e. The number of rotatable bonds is 4. The maximum atomic E-state index is 15.1. The zero-order chi connectivity index (χ0) is 24.5. The molecule has 1 saturated carbocycles. The molecule has 3 aromatic carbocycles. The third-order valence-electron chi connectivity index (χ3n) is 8.30. The third-order valence-corrected chi connectivity index (χ3v) is 8.30. The first-order valence-corrected chi connectivity index (χ1v) is 12.9. The molecule has 0 amide bonds. The zero-order valence-corrected chi connectivity index (χ0v) is 20.6. The summed E-state index contributed by atoms with van der Waals surface area (Å²) in [6, 6.07) is 15.6. The molecule has 3 heteroatoms. The topological polar surface area (TPSA) is 0 Å². The fourth-order valence-corrected chi connectivity index (χ4v) is 5.95. The zero-order valence-electron chi connectivity index (χ0n) is 20.6. The van der Waals surface area contributed by atoms with Crippen LogP contribution in [0.1, 0.15) is 63.0 Å². The summed E-state index contributed by atoms with van der Waals surface area (Å²) < 4.78 is 43.5. The Kier molecular flexibility index (Phi) is 6.86. The van der Waals surface area contributed by atoms with Crippen LogP contribution in [0.2, 0.25) is 0 Å². The van der Waals surface area contributed by atoms with Crippen LogP contribution in [-0.2, 0) is 0 Å². The first-order valence-electron chi connectivity index (χ1n) is 12.9. The molecular formula is C32H33F3. The van der Waals surface area contributed by atoms with Gasteiger partial charge in [0.1, 0.15) is 5.82 Å². The maximum absolute atomic E-state index is 15.1. The molecule has 0 saturated heterocycles. The van der Waals surface area contributed by atoms with Crippen LogP contribution in [-0.4, -0.2) is 0 Å². The number of hydrogen-bond acceptors (Lipinski definition) is 0. The van der Waals surface area contributed by atoms with E-state index in [9.17, 15) is 8.78 Å². The Bertz CT molecular complexity index is 1230. The number of aryl methyl sites for hydroxylation is 1. The van der Waals surface area contributed by atoms with Crippen molar-refractivity contribution in [2.24, 2.45) is 17.8 Å². The van der Waals surface area contributed by atoms with E-state index >= 15 is 4.39 Å². The lowest BCUT2D eigenvalue weighted by atomic mass is 9.71. The van der Waals surface area contributed by atoms with Crippen LogP contribution in [0, 0.1) is 42.1 Å². The highest BCUT2D eigenvalue weighted by molar-refractivity contribution is 5.74. The summed E-state index contributed by atoms with van der Waals surface area (Å²) in [5.74, 6) is 0.577. The Balaban J connectivity index is 1.30. The summed E-state index contributed by atoms with van der Waals surface area (Å²) in [5, 5.41) is 0. The van der Waals surface area contributed by atoms with Gasteiger partial charge >= 0.3 is 0 Å². The standard InChI is InChI=1S/C32H33F3/c1-20-3-6-22(7-4-20)23-8-10-24(11-9-23)27-16-18-28(30(33)19-27)25-12-14-26(15-13-25)29-17-5-21(2)31(34)32(29)35/h5,10,12-20,22-23H,3-4,6-9,11H2,1-2H3. The van der Waals surface area contributed by atoms with E-state index in [1.807, 2.05) is 12.1 Å². The van der Waals surface area contributed by atoms with E-state index in [4.69, 9.17) is 0 Å². The second-order valence-corrected chi connectivity index (χ2v) is 10.6. The Morgan fingerprint density at radius 1 is 0.657 bits per heavy atom. The Morgan fingerprint density at radius 3 is 1.91 bits per heavy atom. The molecule has 1 fully saturated rings. The van der Waals surface area contributed by atoms with Crippen LogP contribution in [0.5, 0.6) is 0 Å². The Labute approximate surface area is 206 Å². The van der Waals surface area contributed by atoms with Crippen LogP contribution >= 0.6 is 0 Å². The average Bonchev–Trinajstić information content (AvgIpc) is 2.88. The average molecular weight is 475 g/mol. The molecule has 0 spiro atoms. The number of allylic oxidation sites excluding steroid dienone is 2. The van der Waals surface area contributed by atoms with Crippen LogP contribution in [0.25, 0.3) is 27.8 Å². The fraction of sp³-hybridized carbons (Fsp3) is 0.375. The number of halogens is 3. The van der Waals surface area contributed by atoms with Gasteiger partial charge in [-0.1, -0.05) is 74.4 Å². The molecule has 2 aliphatic rings.